The van der Waals surface area contributed by atoms with E-state index in [4.69, 9.17) is 0 Å². The highest BCUT2D eigenvalue weighted by molar-refractivity contribution is 7.97. The van der Waals surface area contributed by atoms with Gasteiger partial charge in [-0.2, -0.15) is 0 Å². The van der Waals surface area contributed by atoms with Gasteiger partial charge in [-0.15, -0.1) is 0 Å². The molecule has 4 aliphatic carbocycles. The minimum atomic E-state index is -2.11. The number of fused-ring (bicyclic) bond motifs is 5. The molecule has 0 aromatic heterocycles. The van der Waals surface area contributed by atoms with Gasteiger partial charge < -0.3 is 5.11 Å². The Morgan fingerprint density at radius 1 is 1.00 bits per heavy atom. The molecule has 4 saturated carbocycles. The zero-order valence-corrected chi connectivity index (χ0v) is 22.8. The molecule has 0 aromatic carbocycles. The first-order chi connectivity index (χ1) is 16.0. The van der Waals surface area contributed by atoms with E-state index in [0.29, 0.717) is 11.7 Å². The van der Waals surface area contributed by atoms with Crippen LogP contribution in [0.25, 0.3) is 0 Å². The topological polar surface area (TPSA) is 57.6 Å². The average Bonchev–Trinajstić information content (AvgIpc) is 3.16. The average molecular weight is 492 g/mol. The van der Waals surface area contributed by atoms with Gasteiger partial charge in [0.05, 0.1) is 5.60 Å². The van der Waals surface area contributed by atoms with Gasteiger partial charge in [-0.05, 0) is 124 Å². The van der Waals surface area contributed by atoms with Crippen LogP contribution in [-0.2, 0) is 14.5 Å². The van der Waals surface area contributed by atoms with E-state index in [0.717, 1.165) is 87.6 Å². The molecule has 34 heavy (non-hydrogen) atoms. The number of Topliss-reactive ketones (excluding diaryl/α,β-unsaturated/α-hetero) is 1. The number of nitrogens with zero attached hydrogens (tertiary/aromatic N) is 1. The Labute approximate surface area is 208 Å². The lowest BCUT2D eigenvalue weighted by molar-refractivity contribution is -0.134. The standard InChI is InChI=1S/C29H49NO3S/c1-5-29(32)15-11-22-21(19-29)6-7-24-23(22)10-14-28(2)25(24)8-9-26(28)27(31)18-20-12-16-30(17-13-20)34(3,4)33/h20-26,32H,3,5-19H2,1-2,4H3/t21-,22+,23-,24-,25+,26-,28+,29-,34?/m1/s1. The summed E-state index contributed by atoms with van der Waals surface area (Å²) in [7, 11) is -2.11. The maximum absolute atomic E-state index is 13.6. The van der Waals surface area contributed by atoms with Gasteiger partial charge in [0.15, 0.2) is 0 Å². The third-order valence-corrected chi connectivity index (χ3v) is 13.2. The first-order valence-electron chi connectivity index (χ1n) is 14.4. The maximum atomic E-state index is 13.6. The summed E-state index contributed by atoms with van der Waals surface area (Å²) in [6, 6.07) is 0. The summed E-state index contributed by atoms with van der Waals surface area (Å²) in [4.78, 5) is 13.6. The highest BCUT2D eigenvalue weighted by Gasteiger charge is 2.58. The molecule has 1 unspecified atom stereocenters. The molecule has 0 spiro atoms. The fourth-order valence-corrected chi connectivity index (χ4v) is 10.7. The molecule has 5 aliphatic rings. The van der Waals surface area contributed by atoms with Crippen LogP contribution in [0.4, 0.5) is 0 Å². The zero-order chi connectivity index (χ0) is 24.3. The van der Waals surface area contributed by atoms with Crippen molar-refractivity contribution < 1.29 is 14.1 Å². The molecule has 5 rings (SSSR count). The van der Waals surface area contributed by atoms with E-state index >= 15 is 0 Å². The summed E-state index contributed by atoms with van der Waals surface area (Å²) in [5, 5.41) is 10.9. The largest absolute Gasteiger partial charge is 0.390 e. The number of carbonyl (C=O) groups excluding carboxylic acids is 1. The summed E-state index contributed by atoms with van der Waals surface area (Å²) in [6.07, 6.45) is 16.1. The van der Waals surface area contributed by atoms with Crippen LogP contribution >= 0.6 is 0 Å². The number of ketones is 1. The van der Waals surface area contributed by atoms with E-state index in [9.17, 15) is 14.1 Å². The lowest BCUT2D eigenvalue weighted by atomic mass is 9.48. The number of rotatable bonds is 5. The predicted octanol–water partition coefficient (Wildman–Crippen LogP) is 5.33. The highest BCUT2D eigenvalue weighted by Crippen LogP contribution is 2.65. The molecule has 5 heteroatoms. The normalized spacial score (nSPS) is 47.3. The van der Waals surface area contributed by atoms with E-state index in [1.165, 1.54) is 38.5 Å². The fraction of sp³-hybridized carbons (Fsp3) is 0.931. The van der Waals surface area contributed by atoms with E-state index in [1.54, 1.807) is 6.26 Å². The van der Waals surface area contributed by atoms with Gasteiger partial charge in [-0.1, -0.05) is 13.8 Å². The molecular weight excluding hydrogens is 442 g/mol. The molecule has 0 aromatic rings. The van der Waals surface area contributed by atoms with Gasteiger partial charge in [0.25, 0.3) is 0 Å². The molecular formula is C29H49NO3S. The van der Waals surface area contributed by atoms with Crippen molar-refractivity contribution in [1.82, 2.24) is 4.31 Å². The molecule has 9 atom stereocenters. The lowest BCUT2D eigenvalue weighted by Crippen LogP contribution is -2.51. The second kappa shape index (κ2) is 9.17. The third kappa shape index (κ3) is 4.45. The number of hydrogen-bond acceptors (Lipinski definition) is 3. The molecule has 0 amide bonds. The van der Waals surface area contributed by atoms with Gasteiger partial charge in [0, 0.05) is 41.4 Å². The van der Waals surface area contributed by atoms with Crippen LogP contribution in [0.3, 0.4) is 0 Å². The highest BCUT2D eigenvalue weighted by atomic mass is 32.2. The van der Waals surface area contributed by atoms with Crippen LogP contribution in [0.15, 0.2) is 0 Å². The Morgan fingerprint density at radius 3 is 2.38 bits per heavy atom. The van der Waals surface area contributed by atoms with E-state index in [2.05, 4.69) is 19.7 Å². The Morgan fingerprint density at radius 2 is 1.71 bits per heavy atom. The minimum Gasteiger partial charge on any atom is -0.390 e. The Balaban J connectivity index is 1.21. The molecule has 5 fully saturated rings. The fourth-order valence-electron chi connectivity index (χ4n) is 9.74. The molecule has 0 bridgehead atoms. The molecule has 1 aliphatic heterocycles. The Hall–Kier alpha value is -0.390. The van der Waals surface area contributed by atoms with Crippen molar-refractivity contribution >= 4 is 21.4 Å². The quantitative estimate of drug-likeness (QED) is 0.529. The second-order valence-corrected chi connectivity index (χ2v) is 15.9. The van der Waals surface area contributed by atoms with Crippen LogP contribution in [0.1, 0.15) is 97.3 Å². The van der Waals surface area contributed by atoms with E-state index < -0.39 is 15.3 Å². The summed E-state index contributed by atoms with van der Waals surface area (Å²) in [5.41, 5.74) is -0.199. The predicted molar refractivity (Wildman–Crippen MR) is 141 cm³/mol. The SMILES string of the molecule is C=S(C)(=O)N1CCC(CC(=O)[C@H]2CC[C@H]3[C@@H]4CC[C@@H]5C[C@@](O)(CC)CC[C@@H]5[C@H]4CC[C@]23C)CC1. The number of piperidine rings is 1. The second-order valence-electron chi connectivity index (χ2n) is 13.4. The van der Waals surface area contributed by atoms with Crippen molar-refractivity contribution in [3.05, 3.63) is 0 Å². The summed E-state index contributed by atoms with van der Waals surface area (Å²) in [6.45, 7) is 6.27. The number of carbonyl (C=O) groups is 1. The molecule has 1 saturated heterocycles. The van der Waals surface area contributed by atoms with E-state index in [-0.39, 0.29) is 11.3 Å². The molecule has 194 valence electrons. The van der Waals surface area contributed by atoms with Crippen molar-refractivity contribution in [2.45, 2.75) is 103 Å². The minimum absolute atomic E-state index is 0.204. The van der Waals surface area contributed by atoms with E-state index in [1.807, 2.05) is 4.31 Å². The molecule has 0 radical (unpaired) electrons. The van der Waals surface area contributed by atoms with Crippen molar-refractivity contribution in [2.24, 2.45) is 46.8 Å². The Kier molecular flexibility index (Phi) is 6.81. The lowest BCUT2D eigenvalue weighted by Gasteiger charge is -2.57. The van der Waals surface area contributed by atoms with Gasteiger partial charge >= 0.3 is 0 Å². The first kappa shape index (κ1) is 25.3. The van der Waals surface area contributed by atoms with Crippen molar-refractivity contribution in [3.8, 4) is 0 Å². The summed E-state index contributed by atoms with van der Waals surface area (Å²) < 4.78 is 14.3. The van der Waals surface area contributed by atoms with Crippen molar-refractivity contribution in [2.75, 3.05) is 19.3 Å². The zero-order valence-electron chi connectivity index (χ0n) is 22.0. The van der Waals surface area contributed by atoms with Crippen LogP contribution in [0.2, 0.25) is 0 Å². The van der Waals surface area contributed by atoms with Gasteiger partial charge in [0.2, 0.25) is 0 Å². The third-order valence-electron chi connectivity index (χ3n) is 11.8. The summed E-state index contributed by atoms with van der Waals surface area (Å²) in [5.74, 6) is 9.01. The molecule has 1 heterocycles. The molecule has 4 nitrogen and oxygen atoms in total. The van der Waals surface area contributed by atoms with Gasteiger partial charge in [-0.25, -0.2) is 4.31 Å². The van der Waals surface area contributed by atoms with Crippen LogP contribution in [0.5, 0.6) is 0 Å². The van der Waals surface area contributed by atoms with Crippen molar-refractivity contribution in [3.63, 3.8) is 0 Å². The molecule has 1 N–H and O–H groups in total. The smallest absolute Gasteiger partial charge is 0.136 e. The Bertz CT molecular complexity index is 878. The van der Waals surface area contributed by atoms with Crippen LogP contribution in [-0.4, -0.2) is 50.2 Å². The van der Waals surface area contributed by atoms with Crippen LogP contribution < -0.4 is 0 Å². The van der Waals surface area contributed by atoms with Crippen LogP contribution in [0, 0.1) is 46.8 Å². The number of aliphatic hydroxyl groups is 1. The number of hydrogen-bond donors (Lipinski definition) is 1. The van der Waals surface area contributed by atoms with Crippen molar-refractivity contribution in [1.29, 1.82) is 0 Å². The summed E-state index contributed by atoms with van der Waals surface area (Å²) >= 11 is 0. The van der Waals surface area contributed by atoms with Gasteiger partial charge in [-0.3, -0.25) is 9.00 Å². The van der Waals surface area contributed by atoms with Gasteiger partial charge in [0.1, 0.15) is 5.78 Å². The monoisotopic (exact) mass is 491 g/mol. The first-order valence-corrected chi connectivity index (χ1v) is 16.5. The maximum Gasteiger partial charge on any atom is 0.136 e.